The Labute approximate surface area is 141 Å². The molecule has 5 aromatic heterocycles. The highest BCUT2D eigenvalue weighted by Crippen LogP contribution is 2.34. The minimum absolute atomic E-state index is 0.943. The first kappa shape index (κ1) is 13.4. The predicted octanol–water partition coefficient (Wildman–Crippen LogP) is 4.01. The van der Waals surface area contributed by atoms with Gasteiger partial charge in [0.05, 0.1) is 22.1 Å². The van der Waals surface area contributed by atoms with Crippen molar-refractivity contribution in [1.29, 1.82) is 0 Å². The SMILES string of the molecule is Cn1cc(-c2ccc3scc(-c4ccc5nccn5c4)c3n2)cn1. The van der Waals surface area contributed by atoms with Gasteiger partial charge in [0.25, 0.3) is 0 Å². The molecule has 0 radical (unpaired) electrons. The Balaban J connectivity index is 1.70. The van der Waals surface area contributed by atoms with Gasteiger partial charge in [0.15, 0.2) is 0 Å². The Morgan fingerprint density at radius 3 is 2.88 bits per heavy atom. The van der Waals surface area contributed by atoms with Gasteiger partial charge in [-0.3, -0.25) is 4.68 Å². The zero-order valence-electron chi connectivity index (χ0n) is 12.9. The Morgan fingerprint density at radius 2 is 2.00 bits per heavy atom. The summed E-state index contributed by atoms with van der Waals surface area (Å²) in [5.41, 5.74) is 6.24. The molecule has 5 rings (SSSR count). The van der Waals surface area contributed by atoms with Crippen molar-refractivity contribution in [2.45, 2.75) is 0 Å². The first-order valence-electron chi connectivity index (χ1n) is 7.58. The van der Waals surface area contributed by atoms with E-state index in [0.717, 1.165) is 33.5 Å². The van der Waals surface area contributed by atoms with Crippen molar-refractivity contribution in [2.24, 2.45) is 7.05 Å². The number of thiophene rings is 1. The number of nitrogens with zero attached hydrogens (tertiary/aromatic N) is 5. The first-order chi connectivity index (χ1) is 11.8. The van der Waals surface area contributed by atoms with Crippen LogP contribution in [0, 0.1) is 0 Å². The molecule has 0 saturated carbocycles. The van der Waals surface area contributed by atoms with E-state index < -0.39 is 0 Å². The number of rotatable bonds is 2. The lowest BCUT2D eigenvalue weighted by molar-refractivity contribution is 0.768. The van der Waals surface area contributed by atoms with E-state index in [-0.39, 0.29) is 0 Å². The molecule has 0 aliphatic heterocycles. The standard InChI is InChI=1S/C18H13N5S/c1-22-9-13(8-20-22)15-3-4-16-18(21-15)14(11-24-16)12-2-5-17-19-6-7-23(17)10-12/h2-11H,1H3. The largest absolute Gasteiger partial charge is 0.306 e. The highest BCUT2D eigenvalue weighted by atomic mass is 32.1. The molecule has 0 amide bonds. The van der Waals surface area contributed by atoms with Crippen LogP contribution in [0.4, 0.5) is 0 Å². The Kier molecular flexibility index (Phi) is 2.80. The molecule has 116 valence electrons. The van der Waals surface area contributed by atoms with Crippen LogP contribution in [0.25, 0.3) is 38.2 Å². The summed E-state index contributed by atoms with van der Waals surface area (Å²) in [4.78, 5) is 9.20. The monoisotopic (exact) mass is 331 g/mol. The molecule has 5 aromatic rings. The lowest BCUT2D eigenvalue weighted by Gasteiger charge is -2.03. The van der Waals surface area contributed by atoms with Crippen molar-refractivity contribution in [3.8, 4) is 22.4 Å². The molecule has 0 N–H and O–H groups in total. The third-order valence-corrected chi connectivity index (χ3v) is 5.05. The van der Waals surface area contributed by atoms with Crippen LogP contribution in [0.2, 0.25) is 0 Å². The number of hydrogen-bond acceptors (Lipinski definition) is 4. The summed E-state index contributed by atoms with van der Waals surface area (Å²) in [5, 5.41) is 6.41. The average Bonchev–Trinajstić information content (AvgIpc) is 3.32. The Hall–Kier alpha value is -2.99. The molecule has 0 unspecified atom stereocenters. The minimum Gasteiger partial charge on any atom is -0.306 e. The van der Waals surface area contributed by atoms with Gasteiger partial charge in [-0.05, 0) is 24.3 Å². The third kappa shape index (κ3) is 2.04. The zero-order valence-corrected chi connectivity index (χ0v) is 13.7. The van der Waals surface area contributed by atoms with Crippen LogP contribution in [0.5, 0.6) is 0 Å². The van der Waals surface area contributed by atoms with E-state index in [1.807, 2.05) is 42.3 Å². The molecule has 5 heterocycles. The second kappa shape index (κ2) is 5.01. The summed E-state index contributed by atoms with van der Waals surface area (Å²) >= 11 is 1.72. The van der Waals surface area contributed by atoms with Crippen molar-refractivity contribution >= 4 is 27.2 Å². The fourth-order valence-corrected chi connectivity index (χ4v) is 3.82. The third-order valence-electron chi connectivity index (χ3n) is 4.12. The number of aromatic nitrogens is 5. The molecule has 0 aliphatic carbocycles. The van der Waals surface area contributed by atoms with Gasteiger partial charge < -0.3 is 4.40 Å². The van der Waals surface area contributed by atoms with E-state index in [2.05, 4.69) is 39.9 Å². The second-order valence-electron chi connectivity index (χ2n) is 5.71. The zero-order chi connectivity index (χ0) is 16.1. The van der Waals surface area contributed by atoms with Crippen LogP contribution in [0.1, 0.15) is 0 Å². The summed E-state index contributed by atoms with van der Waals surface area (Å²) in [6.45, 7) is 0. The maximum absolute atomic E-state index is 4.90. The van der Waals surface area contributed by atoms with Gasteiger partial charge in [-0.15, -0.1) is 11.3 Å². The van der Waals surface area contributed by atoms with Crippen molar-refractivity contribution in [2.75, 3.05) is 0 Å². The molecule has 0 aliphatic rings. The molecule has 0 bridgehead atoms. The number of hydrogen-bond donors (Lipinski definition) is 0. The van der Waals surface area contributed by atoms with Crippen molar-refractivity contribution in [1.82, 2.24) is 24.1 Å². The highest BCUT2D eigenvalue weighted by Gasteiger charge is 2.11. The van der Waals surface area contributed by atoms with Crippen molar-refractivity contribution in [3.05, 3.63) is 60.6 Å². The molecular weight excluding hydrogens is 318 g/mol. The smallest absolute Gasteiger partial charge is 0.136 e. The minimum atomic E-state index is 0.943. The van der Waals surface area contributed by atoms with Gasteiger partial charge in [-0.25, -0.2) is 9.97 Å². The van der Waals surface area contributed by atoms with E-state index in [4.69, 9.17) is 4.98 Å². The van der Waals surface area contributed by atoms with E-state index in [1.165, 1.54) is 4.70 Å². The van der Waals surface area contributed by atoms with E-state index in [1.54, 1.807) is 16.0 Å². The van der Waals surface area contributed by atoms with Crippen LogP contribution in [0.15, 0.2) is 60.6 Å². The molecule has 0 fully saturated rings. The van der Waals surface area contributed by atoms with E-state index >= 15 is 0 Å². The van der Waals surface area contributed by atoms with Crippen LogP contribution in [0.3, 0.4) is 0 Å². The van der Waals surface area contributed by atoms with Gasteiger partial charge in [0.2, 0.25) is 0 Å². The van der Waals surface area contributed by atoms with Crippen molar-refractivity contribution in [3.63, 3.8) is 0 Å². The van der Waals surface area contributed by atoms with Crippen LogP contribution < -0.4 is 0 Å². The van der Waals surface area contributed by atoms with E-state index in [9.17, 15) is 0 Å². The summed E-state index contributed by atoms with van der Waals surface area (Å²) in [6.07, 6.45) is 9.70. The summed E-state index contributed by atoms with van der Waals surface area (Å²) < 4.78 is 5.01. The van der Waals surface area contributed by atoms with Crippen LogP contribution in [-0.4, -0.2) is 24.1 Å². The second-order valence-corrected chi connectivity index (χ2v) is 6.62. The predicted molar refractivity (Wildman–Crippen MR) is 96.0 cm³/mol. The maximum Gasteiger partial charge on any atom is 0.136 e. The molecule has 0 aromatic carbocycles. The van der Waals surface area contributed by atoms with E-state index in [0.29, 0.717) is 0 Å². The fraction of sp³-hybridized carbons (Fsp3) is 0.0556. The molecule has 24 heavy (non-hydrogen) atoms. The lowest BCUT2D eigenvalue weighted by Crippen LogP contribution is -1.87. The average molecular weight is 331 g/mol. The summed E-state index contributed by atoms with van der Waals surface area (Å²) in [7, 11) is 1.92. The van der Waals surface area contributed by atoms with Gasteiger partial charge in [-0.2, -0.15) is 5.10 Å². The molecule has 0 saturated heterocycles. The maximum atomic E-state index is 4.90. The Bertz CT molecular complexity index is 1180. The lowest BCUT2D eigenvalue weighted by atomic mass is 10.1. The van der Waals surface area contributed by atoms with Gasteiger partial charge in [0.1, 0.15) is 5.65 Å². The Morgan fingerprint density at radius 1 is 1.04 bits per heavy atom. The molecule has 6 heteroatoms. The van der Waals surface area contributed by atoms with Crippen LogP contribution >= 0.6 is 11.3 Å². The highest BCUT2D eigenvalue weighted by molar-refractivity contribution is 7.17. The molecular formula is C18H13N5S. The normalized spacial score (nSPS) is 11.5. The molecule has 0 spiro atoms. The van der Waals surface area contributed by atoms with Crippen LogP contribution in [-0.2, 0) is 7.05 Å². The topological polar surface area (TPSA) is 48.0 Å². The van der Waals surface area contributed by atoms with Gasteiger partial charge in [-0.1, -0.05) is 0 Å². The quantitative estimate of drug-likeness (QED) is 0.491. The molecule has 0 atom stereocenters. The number of imidazole rings is 1. The number of pyridine rings is 2. The summed E-state index contributed by atoms with van der Waals surface area (Å²) in [6, 6.07) is 8.32. The number of fused-ring (bicyclic) bond motifs is 2. The van der Waals surface area contributed by atoms with Gasteiger partial charge in [0, 0.05) is 53.9 Å². The molecule has 5 nitrogen and oxygen atoms in total. The summed E-state index contributed by atoms with van der Waals surface area (Å²) in [5.74, 6) is 0. The fourth-order valence-electron chi connectivity index (χ4n) is 2.91. The van der Waals surface area contributed by atoms with Gasteiger partial charge >= 0.3 is 0 Å². The van der Waals surface area contributed by atoms with Crippen molar-refractivity contribution < 1.29 is 0 Å². The first-order valence-corrected chi connectivity index (χ1v) is 8.46. The number of aryl methyl sites for hydroxylation is 1.